The molecule has 3 aromatic rings. The van der Waals surface area contributed by atoms with Gasteiger partial charge in [0.2, 0.25) is 0 Å². The molecule has 0 radical (unpaired) electrons. The minimum atomic E-state index is -0.962. The summed E-state index contributed by atoms with van der Waals surface area (Å²) in [4.78, 5) is 15.9. The summed E-state index contributed by atoms with van der Waals surface area (Å²) in [5, 5.41) is 13.3. The van der Waals surface area contributed by atoms with E-state index in [1.54, 1.807) is 18.2 Å². The SMILES string of the molecule is CN1CCN(c2ccc(-c3cc(-c4cccc(C(=O)O)c4)on3)cc2)CC1. The molecule has 1 aliphatic heterocycles. The Bertz CT molecular complexity index is 941. The number of carbonyl (C=O) groups is 1. The Kier molecular flexibility index (Phi) is 4.64. The number of rotatable bonds is 4. The molecule has 138 valence electrons. The first-order valence-corrected chi connectivity index (χ1v) is 8.94. The zero-order chi connectivity index (χ0) is 18.8. The van der Waals surface area contributed by atoms with E-state index in [4.69, 9.17) is 9.63 Å². The molecule has 0 atom stereocenters. The van der Waals surface area contributed by atoms with Crippen molar-refractivity contribution in [2.45, 2.75) is 0 Å². The third kappa shape index (κ3) is 3.71. The molecule has 4 rings (SSSR count). The number of benzene rings is 2. The predicted octanol–water partition coefficient (Wildman–Crippen LogP) is 3.46. The number of carboxylic acid groups (broad SMARTS) is 1. The van der Waals surface area contributed by atoms with Crippen molar-refractivity contribution in [2.24, 2.45) is 0 Å². The van der Waals surface area contributed by atoms with E-state index < -0.39 is 5.97 Å². The highest BCUT2D eigenvalue weighted by molar-refractivity contribution is 5.89. The zero-order valence-corrected chi connectivity index (χ0v) is 15.1. The fourth-order valence-electron chi connectivity index (χ4n) is 3.26. The van der Waals surface area contributed by atoms with Crippen LogP contribution in [0.2, 0.25) is 0 Å². The van der Waals surface area contributed by atoms with Gasteiger partial charge >= 0.3 is 5.97 Å². The van der Waals surface area contributed by atoms with Gasteiger partial charge in [-0.3, -0.25) is 0 Å². The molecule has 0 unspecified atom stereocenters. The molecule has 0 bridgehead atoms. The fraction of sp³-hybridized carbons (Fsp3) is 0.238. The number of piperazine rings is 1. The summed E-state index contributed by atoms with van der Waals surface area (Å²) in [6, 6.07) is 16.8. The third-order valence-electron chi connectivity index (χ3n) is 4.94. The minimum Gasteiger partial charge on any atom is -0.478 e. The second kappa shape index (κ2) is 7.25. The van der Waals surface area contributed by atoms with Gasteiger partial charge in [-0.25, -0.2) is 4.79 Å². The smallest absolute Gasteiger partial charge is 0.335 e. The van der Waals surface area contributed by atoms with Gasteiger partial charge in [0.05, 0.1) is 5.56 Å². The molecular weight excluding hydrogens is 342 g/mol. The number of anilines is 1. The van der Waals surface area contributed by atoms with Gasteiger partial charge in [0.25, 0.3) is 0 Å². The summed E-state index contributed by atoms with van der Waals surface area (Å²) in [6.45, 7) is 4.21. The maximum atomic E-state index is 11.1. The maximum absolute atomic E-state index is 11.1. The number of aromatic nitrogens is 1. The summed E-state index contributed by atoms with van der Waals surface area (Å²) < 4.78 is 5.44. The van der Waals surface area contributed by atoms with Crippen molar-refractivity contribution in [2.75, 3.05) is 38.1 Å². The third-order valence-corrected chi connectivity index (χ3v) is 4.94. The average molecular weight is 363 g/mol. The molecule has 0 aliphatic carbocycles. The van der Waals surface area contributed by atoms with E-state index in [-0.39, 0.29) is 5.56 Å². The van der Waals surface area contributed by atoms with Gasteiger partial charge in [0.15, 0.2) is 5.76 Å². The van der Waals surface area contributed by atoms with Crippen molar-refractivity contribution in [1.29, 1.82) is 0 Å². The fourth-order valence-corrected chi connectivity index (χ4v) is 3.26. The van der Waals surface area contributed by atoms with Gasteiger partial charge < -0.3 is 19.4 Å². The summed E-state index contributed by atoms with van der Waals surface area (Å²) in [6.07, 6.45) is 0. The zero-order valence-electron chi connectivity index (χ0n) is 15.1. The Morgan fingerprint density at radius 1 is 1.00 bits per heavy atom. The van der Waals surface area contributed by atoms with Crippen LogP contribution in [0.15, 0.2) is 59.1 Å². The second-order valence-corrected chi connectivity index (χ2v) is 6.80. The molecule has 1 saturated heterocycles. The molecule has 0 amide bonds. The molecule has 0 spiro atoms. The first-order chi connectivity index (χ1) is 13.1. The Hall–Kier alpha value is -3.12. The lowest BCUT2D eigenvalue weighted by atomic mass is 10.1. The van der Waals surface area contributed by atoms with Crippen molar-refractivity contribution >= 4 is 11.7 Å². The van der Waals surface area contributed by atoms with E-state index in [2.05, 4.69) is 34.1 Å². The van der Waals surface area contributed by atoms with E-state index in [1.165, 1.54) is 5.69 Å². The van der Waals surface area contributed by atoms with Gasteiger partial charge in [-0.1, -0.05) is 29.4 Å². The van der Waals surface area contributed by atoms with Crippen molar-refractivity contribution in [3.8, 4) is 22.6 Å². The van der Waals surface area contributed by atoms with Gasteiger partial charge in [0.1, 0.15) is 5.69 Å². The first kappa shape index (κ1) is 17.3. The van der Waals surface area contributed by atoms with Gasteiger partial charge in [-0.05, 0) is 31.3 Å². The lowest BCUT2D eigenvalue weighted by Crippen LogP contribution is -2.44. The van der Waals surface area contributed by atoms with Crippen molar-refractivity contribution in [1.82, 2.24) is 10.1 Å². The number of hydrogen-bond donors (Lipinski definition) is 1. The summed E-state index contributed by atoms with van der Waals surface area (Å²) in [7, 11) is 2.15. The average Bonchev–Trinajstić information content (AvgIpc) is 3.19. The number of nitrogens with zero attached hydrogens (tertiary/aromatic N) is 3. The van der Waals surface area contributed by atoms with Crippen LogP contribution < -0.4 is 4.90 Å². The molecule has 27 heavy (non-hydrogen) atoms. The molecule has 2 aromatic carbocycles. The lowest BCUT2D eigenvalue weighted by Gasteiger charge is -2.34. The van der Waals surface area contributed by atoms with Crippen LogP contribution in [0.1, 0.15) is 10.4 Å². The monoisotopic (exact) mass is 363 g/mol. The molecule has 1 N–H and O–H groups in total. The van der Waals surface area contributed by atoms with E-state index in [0.29, 0.717) is 11.3 Å². The van der Waals surface area contributed by atoms with Crippen LogP contribution in [-0.4, -0.2) is 54.4 Å². The Balaban J connectivity index is 1.53. The van der Waals surface area contributed by atoms with Gasteiger partial charge in [0, 0.05) is 49.1 Å². The minimum absolute atomic E-state index is 0.224. The number of aromatic carboxylic acids is 1. The van der Waals surface area contributed by atoms with E-state index in [1.807, 2.05) is 24.3 Å². The highest BCUT2D eigenvalue weighted by Crippen LogP contribution is 2.28. The largest absolute Gasteiger partial charge is 0.478 e. The van der Waals surface area contributed by atoms with Crippen LogP contribution >= 0.6 is 0 Å². The lowest BCUT2D eigenvalue weighted by molar-refractivity contribution is 0.0697. The number of carboxylic acids is 1. The Labute approximate surface area is 157 Å². The Morgan fingerprint density at radius 2 is 1.74 bits per heavy atom. The van der Waals surface area contributed by atoms with Crippen LogP contribution in [0, 0.1) is 0 Å². The van der Waals surface area contributed by atoms with Crippen LogP contribution in [0.5, 0.6) is 0 Å². The van der Waals surface area contributed by atoms with Crippen molar-refractivity contribution in [3.05, 3.63) is 60.2 Å². The second-order valence-electron chi connectivity index (χ2n) is 6.80. The predicted molar refractivity (Wildman–Crippen MR) is 104 cm³/mol. The molecular formula is C21H21N3O3. The van der Waals surface area contributed by atoms with Gasteiger partial charge in [-0.15, -0.1) is 0 Å². The summed E-state index contributed by atoms with van der Waals surface area (Å²) in [5.74, 6) is -0.410. The maximum Gasteiger partial charge on any atom is 0.335 e. The number of likely N-dealkylation sites (N-methyl/N-ethyl adjacent to an activating group) is 1. The highest BCUT2D eigenvalue weighted by atomic mass is 16.5. The van der Waals surface area contributed by atoms with Crippen LogP contribution in [0.25, 0.3) is 22.6 Å². The molecule has 6 heteroatoms. The van der Waals surface area contributed by atoms with Crippen LogP contribution in [0.3, 0.4) is 0 Å². The quantitative estimate of drug-likeness (QED) is 0.766. The van der Waals surface area contributed by atoms with E-state index >= 15 is 0 Å². The molecule has 2 heterocycles. The molecule has 1 aliphatic rings. The van der Waals surface area contributed by atoms with Crippen molar-refractivity contribution < 1.29 is 14.4 Å². The highest BCUT2D eigenvalue weighted by Gasteiger charge is 2.15. The summed E-state index contributed by atoms with van der Waals surface area (Å²) >= 11 is 0. The summed E-state index contributed by atoms with van der Waals surface area (Å²) in [5.41, 5.74) is 3.84. The molecule has 1 fully saturated rings. The van der Waals surface area contributed by atoms with Crippen LogP contribution in [-0.2, 0) is 0 Å². The van der Waals surface area contributed by atoms with E-state index in [9.17, 15) is 4.79 Å². The van der Waals surface area contributed by atoms with Crippen molar-refractivity contribution in [3.63, 3.8) is 0 Å². The normalized spacial score (nSPS) is 15.1. The number of hydrogen-bond acceptors (Lipinski definition) is 5. The Morgan fingerprint density at radius 3 is 2.44 bits per heavy atom. The molecule has 0 saturated carbocycles. The standard InChI is InChI=1S/C21H21N3O3/c1-23-9-11-24(12-10-23)18-7-5-15(6-8-18)19-14-20(27-22-19)16-3-2-4-17(13-16)21(25)26/h2-8,13-14H,9-12H2,1H3,(H,25,26). The van der Waals surface area contributed by atoms with Gasteiger partial charge in [-0.2, -0.15) is 0 Å². The van der Waals surface area contributed by atoms with Crippen LogP contribution in [0.4, 0.5) is 5.69 Å². The molecule has 6 nitrogen and oxygen atoms in total. The molecule has 1 aromatic heterocycles. The first-order valence-electron chi connectivity index (χ1n) is 8.94. The van der Waals surface area contributed by atoms with E-state index in [0.717, 1.165) is 37.4 Å². The topological polar surface area (TPSA) is 69.8 Å².